The normalized spacial score (nSPS) is 15.3. The minimum absolute atomic E-state index is 0.00516. The molecule has 2 aromatic carbocycles. The van der Waals surface area contributed by atoms with Crippen molar-refractivity contribution in [2.75, 3.05) is 18.4 Å². The van der Waals surface area contributed by atoms with Crippen LogP contribution < -0.4 is 10.1 Å². The lowest BCUT2D eigenvalue weighted by atomic mass is 10.2. The Labute approximate surface area is 170 Å². The van der Waals surface area contributed by atoms with Crippen LogP contribution in [0.4, 0.5) is 18.9 Å². The van der Waals surface area contributed by atoms with Crippen LogP contribution in [0, 0.1) is 0 Å². The van der Waals surface area contributed by atoms with E-state index < -0.39 is 28.0 Å². The summed E-state index contributed by atoms with van der Waals surface area (Å²) in [5.74, 6) is -1.27. The van der Waals surface area contributed by atoms with Crippen molar-refractivity contribution in [1.29, 1.82) is 0 Å². The smallest absolute Gasteiger partial charge is 0.406 e. The highest BCUT2D eigenvalue weighted by atomic mass is 35.5. The van der Waals surface area contributed by atoms with Crippen molar-refractivity contribution in [3.8, 4) is 5.75 Å². The van der Waals surface area contributed by atoms with Crippen LogP contribution in [0.1, 0.15) is 23.2 Å². The number of nitrogens with zero attached hydrogens (tertiary/aromatic N) is 1. The highest BCUT2D eigenvalue weighted by molar-refractivity contribution is 7.89. The maximum absolute atomic E-state index is 12.7. The number of carbonyl (C=O) groups is 1. The Bertz CT molecular complexity index is 1020. The van der Waals surface area contributed by atoms with Gasteiger partial charge in [-0.15, -0.1) is 13.2 Å². The van der Waals surface area contributed by atoms with E-state index in [1.165, 1.54) is 28.6 Å². The van der Waals surface area contributed by atoms with Gasteiger partial charge in [0.2, 0.25) is 10.0 Å². The molecule has 2 aromatic rings. The first kappa shape index (κ1) is 21.4. The van der Waals surface area contributed by atoms with Gasteiger partial charge in [-0.25, -0.2) is 8.42 Å². The summed E-state index contributed by atoms with van der Waals surface area (Å²) >= 11 is 6.04. The zero-order chi connectivity index (χ0) is 21.2. The van der Waals surface area contributed by atoms with Crippen molar-refractivity contribution in [2.45, 2.75) is 24.1 Å². The molecule has 0 aliphatic carbocycles. The summed E-state index contributed by atoms with van der Waals surface area (Å²) in [5, 5.41) is 2.40. The van der Waals surface area contributed by atoms with Crippen molar-refractivity contribution in [2.24, 2.45) is 0 Å². The molecule has 1 aliphatic rings. The van der Waals surface area contributed by atoms with Gasteiger partial charge in [0.15, 0.2) is 0 Å². The van der Waals surface area contributed by atoms with E-state index in [0.29, 0.717) is 13.1 Å². The van der Waals surface area contributed by atoms with Crippen LogP contribution in [0.2, 0.25) is 5.02 Å². The van der Waals surface area contributed by atoms with E-state index in [-0.39, 0.29) is 21.2 Å². The molecule has 0 spiro atoms. The molecule has 0 atom stereocenters. The van der Waals surface area contributed by atoms with E-state index >= 15 is 0 Å². The summed E-state index contributed by atoms with van der Waals surface area (Å²) in [6.07, 6.45) is -3.35. The monoisotopic (exact) mass is 448 g/mol. The second-order valence-electron chi connectivity index (χ2n) is 6.28. The highest BCUT2D eigenvalue weighted by Gasteiger charge is 2.31. The molecule has 11 heteroatoms. The van der Waals surface area contributed by atoms with Crippen LogP contribution >= 0.6 is 11.6 Å². The molecular formula is C18H16ClF3N2O4S. The van der Waals surface area contributed by atoms with E-state index in [1.807, 2.05) is 0 Å². The number of halogens is 4. The quantitative estimate of drug-likeness (QED) is 0.741. The van der Waals surface area contributed by atoms with Gasteiger partial charge in [-0.05, 0) is 43.2 Å². The molecule has 1 heterocycles. The molecule has 156 valence electrons. The summed E-state index contributed by atoms with van der Waals surface area (Å²) in [7, 11) is -3.76. The van der Waals surface area contributed by atoms with Crippen LogP contribution in [0.5, 0.6) is 5.75 Å². The predicted octanol–water partition coefficient (Wildman–Crippen LogP) is 4.28. The van der Waals surface area contributed by atoms with Crippen molar-refractivity contribution in [3.63, 3.8) is 0 Å². The number of ether oxygens (including phenoxy) is 1. The van der Waals surface area contributed by atoms with Gasteiger partial charge in [-0.1, -0.05) is 17.7 Å². The average molecular weight is 449 g/mol. The van der Waals surface area contributed by atoms with Gasteiger partial charge in [-0.3, -0.25) is 4.79 Å². The van der Waals surface area contributed by atoms with Gasteiger partial charge in [0.05, 0.1) is 15.5 Å². The molecule has 1 N–H and O–H groups in total. The Morgan fingerprint density at radius 3 is 2.45 bits per heavy atom. The van der Waals surface area contributed by atoms with Crippen molar-refractivity contribution in [3.05, 3.63) is 53.1 Å². The minimum Gasteiger partial charge on any atom is -0.406 e. The predicted molar refractivity (Wildman–Crippen MR) is 101 cm³/mol. The second kappa shape index (κ2) is 8.21. The molecule has 1 saturated heterocycles. The standard InChI is InChI=1S/C18H16ClF3N2O4S/c19-16-7-6-14(29(26,27)24-8-1-2-9-24)11-15(16)17(25)23-12-4-3-5-13(10-12)28-18(20,21)22/h3-7,10-11H,1-2,8-9H2,(H,23,25). The van der Waals surface area contributed by atoms with Gasteiger partial charge in [-0.2, -0.15) is 4.31 Å². The topological polar surface area (TPSA) is 75.7 Å². The molecule has 0 saturated carbocycles. The van der Waals surface area contributed by atoms with Crippen LogP contribution in [-0.4, -0.2) is 38.1 Å². The Hall–Kier alpha value is -2.30. The molecular weight excluding hydrogens is 433 g/mol. The molecule has 3 rings (SSSR count). The lowest BCUT2D eigenvalue weighted by Crippen LogP contribution is -2.28. The Morgan fingerprint density at radius 1 is 1.10 bits per heavy atom. The molecule has 1 aliphatic heterocycles. The fraction of sp³-hybridized carbons (Fsp3) is 0.278. The fourth-order valence-electron chi connectivity index (χ4n) is 2.89. The summed E-state index contributed by atoms with van der Waals surface area (Å²) in [4.78, 5) is 12.5. The number of anilines is 1. The van der Waals surface area contributed by atoms with Crippen LogP contribution in [0.15, 0.2) is 47.4 Å². The number of hydrogen-bond donors (Lipinski definition) is 1. The summed E-state index contributed by atoms with van der Waals surface area (Å²) in [6.45, 7) is 0.803. The summed E-state index contributed by atoms with van der Waals surface area (Å²) < 4.78 is 67.6. The van der Waals surface area contributed by atoms with Gasteiger partial charge in [0.1, 0.15) is 5.75 Å². The van der Waals surface area contributed by atoms with Gasteiger partial charge in [0.25, 0.3) is 5.91 Å². The third kappa shape index (κ3) is 5.20. The number of hydrogen-bond acceptors (Lipinski definition) is 4. The number of sulfonamides is 1. The van der Waals surface area contributed by atoms with Gasteiger partial charge < -0.3 is 10.1 Å². The largest absolute Gasteiger partial charge is 0.573 e. The third-order valence-electron chi connectivity index (χ3n) is 4.21. The van der Waals surface area contributed by atoms with E-state index in [4.69, 9.17) is 11.6 Å². The average Bonchev–Trinajstić information content (AvgIpc) is 3.16. The number of rotatable bonds is 5. The summed E-state index contributed by atoms with van der Waals surface area (Å²) in [5.41, 5.74) is -0.0882. The first-order chi connectivity index (χ1) is 13.6. The van der Waals surface area contributed by atoms with Crippen LogP contribution in [0.25, 0.3) is 0 Å². The Balaban J connectivity index is 1.84. The number of benzene rings is 2. The van der Waals surface area contributed by atoms with Crippen molar-refractivity contribution >= 4 is 33.2 Å². The SMILES string of the molecule is O=C(Nc1cccc(OC(F)(F)F)c1)c1cc(S(=O)(=O)N2CCCC2)ccc1Cl. The second-order valence-corrected chi connectivity index (χ2v) is 8.63. The first-order valence-electron chi connectivity index (χ1n) is 8.53. The molecule has 1 amide bonds. The zero-order valence-corrected chi connectivity index (χ0v) is 16.4. The molecule has 0 unspecified atom stereocenters. The lowest BCUT2D eigenvalue weighted by molar-refractivity contribution is -0.274. The molecule has 6 nitrogen and oxygen atoms in total. The first-order valence-corrected chi connectivity index (χ1v) is 10.3. The van der Waals surface area contributed by atoms with E-state index in [0.717, 1.165) is 31.0 Å². The number of alkyl halides is 3. The Kier molecular flexibility index (Phi) is 6.06. The zero-order valence-electron chi connectivity index (χ0n) is 14.9. The maximum atomic E-state index is 12.7. The van der Waals surface area contributed by atoms with E-state index in [9.17, 15) is 26.4 Å². The number of carbonyl (C=O) groups excluding carboxylic acids is 1. The van der Waals surface area contributed by atoms with Crippen LogP contribution in [0.3, 0.4) is 0 Å². The highest BCUT2D eigenvalue weighted by Crippen LogP contribution is 2.28. The maximum Gasteiger partial charge on any atom is 0.573 e. The van der Waals surface area contributed by atoms with E-state index in [1.54, 1.807) is 0 Å². The molecule has 0 aromatic heterocycles. The van der Waals surface area contributed by atoms with Crippen molar-refractivity contribution in [1.82, 2.24) is 4.31 Å². The molecule has 29 heavy (non-hydrogen) atoms. The van der Waals surface area contributed by atoms with Gasteiger partial charge in [0, 0.05) is 24.8 Å². The lowest BCUT2D eigenvalue weighted by Gasteiger charge is -2.16. The third-order valence-corrected chi connectivity index (χ3v) is 6.43. The number of nitrogens with one attached hydrogen (secondary N) is 1. The van der Waals surface area contributed by atoms with Gasteiger partial charge >= 0.3 is 6.36 Å². The Morgan fingerprint density at radius 2 is 1.79 bits per heavy atom. The molecule has 0 bridgehead atoms. The fourth-order valence-corrected chi connectivity index (χ4v) is 4.63. The molecule has 1 fully saturated rings. The van der Waals surface area contributed by atoms with Crippen LogP contribution in [-0.2, 0) is 10.0 Å². The van der Waals surface area contributed by atoms with E-state index in [2.05, 4.69) is 10.1 Å². The van der Waals surface area contributed by atoms with Crippen molar-refractivity contribution < 1.29 is 31.1 Å². The molecule has 0 radical (unpaired) electrons. The number of amides is 1. The minimum atomic E-state index is -4.87. The summed E-state index contributed by atoms with van der Waals surface area (Å²) in [6, 6.07) is 8.46.